The molecule has 0 heterocycles. The molecule has 2 nitrogen and oxygen atoms in total. The Morgan fingerprint density at radius 3 is 1.30 bits per heavy atom. The second-order valence-corrected chi connectivity index (χ2v) is 18.1. The highest BCUT2D eigenvalue weighted by molar-refractivity contribution is 5.84. The van der Waals surface area contributed by atoms with Crippen molar-refractivity contribution in [1.29, 1.82) is 0 Å². The van der Waals surface area contributed by atoms with E-state index in [-0.39, 0.29) is 0 Å². The fraction of sp³-hybridized carbons (Fsp3) is 0.276. The summed E-state index contributed by atoms with van der Waals surface area (Å²) < 4.78 is 0. The van der Waals surface area contributed by atoms with Crippen molar-refractivity contribution in [2.45, 2.75) is 86.0 Å². The number of rotatable bonds is 11. The average Bonchev–Trinajstić information content (AvgIpc) is 3.27. The number of hydrogen-bond acceptors (Lipinski definition) is 2. The summed E-state index contributed by atoms with van der Waals surface area (Å²) in [6.45, 7) is 11.0. The molecule has 2 saturated carbocycles. The number of nitrogens with zero attached hydrogens (tertiary/aromatic N) is 2. The largest absolute Gasteiger partial charge is 0.311 e. The third kappa shape index (κ3) is 8.57. The van der Waals surface area contributed by atoms with E-state index in [9.17, 15) is 0 Å². The molecule has 7 aromatic rings. The van der Waals surface area contributed by atoms with Gasteiger partial charge in [0.2, 0.25) is 0 Å². The van der Waals surface area contributed by atoms with Crippen LogP contribution in [-0.4, -0.2) is 0 Å². The monoisotopic (exact) mass is 784 g/mol. The summed E-state index contributed by atoms with van der Waals surface area (Å²) >= 11 is 0. The number of hydrogen-bond donors (Lipinski definition) is 0. The number of aryl methyl sites for hydroxylation is 4. The Bertz CT molecular complexity index is 2450. The molecular formula is C58H60N2. The van der Waals surface area contributed by atoms with Crippen molar-refractivity contribution in [1.82, 2.24) is 0 Å². The van der Waals surface area contributed by atoms with Gasteiger partial charge in [-0.15, -0.1) is 0 Å². The lowest BCUT2D eigenvalue weighted by atomic mass is 9.67. The van der Waals surface area contributed by atoms with Crippen LogP contribution < -0.4 is 9.80 Å². The van der Waals surface area contributed by atoms with Crippen LogP contribution in [-0.2, 0) is 6.42 Å². The van der Waals surface area contributed by atoms with Crippen molar-refractivity contribution in [2.75, 3.05) is 9.80 Å². The lowest BCUT2D eigenvalue weighted by Gasteiger charge is -2.39. The van der Waals surface area contributed by atoms with Crippen molar-refractivity contribution >= 4 is 34.1 Å². The Labute approximate surface area is 359 Å². The molecule has 2 fully saturated rings. The van der Waals surface area contributed by atoms with Gasteiger partial charge in [0.15, 0.2) is 0 Å². The Kier molecular flexibility index (Phi) is 11.5. The van der Waals surface area contributed by atoms with Gasteiger partial charge in [-0.05, 0) is 190 Å². The van der Waals surface area contributed by atoms with Crippen LogP contribution in [0.1, 0.15) is 78.3 Å². The van der Waals surface area contributed by atoms with Crippen LogP contribution in [0.4, 0.5) is 34.1 Å². The SMILES string of the molecule is Cc1ccc(N(c2ccc(C)cc2)c2ccc(-c3ccc(N(c4ccc(C)cc4)c4ccc(-c5ccc(CCC6CC7CCCC(C7)C6)cc5)cc4)c(C)c3C)cc2)cc1. The molecule has 0 N–H and O–H groups in total. The summed E-state index contributed by atoms with van der Waals surface area (Å²) in [7, 11) is 0. The maximum atomic E-state index is 2.42. The highest BCUT2D eigenvalue weighted by Crippen LogP contribution is 2.45. The fourth-order valence-corrected chi connectivity index (χ4v) is 10.3. The van der Waals surface area contributed by atoms with E-state index in [0.717, 1.165) is 46.2 Å². The van der Waals surface area contributed by atoms with Crippen molar-refractivity contribution in [3.8, 4) is 22.3 Å². The van der Waals surface area contributed by atoms with Crippen molar-refractivity contribution < 1.29 is 0 Å². The van der Waals surface area contributed by atoms with E-state index < -0.39 is 0 Å². The highest BCUT2D eigenvalue weighted by Gasteiger charge is 2.31. The smallest absolute Gasteiger partial charge is 0.0493 e. The molecule has 2 aliphatic carbocycles. The molecule has 9 rings (SSSR count). The Balaban J connectivity index is 0.960. The maximum absolute atomic E-state index is 2.42. The Morgan fingerprint density at radius 1 is 0.400 bits per heavy atom. The zero-order valence-corrected chi connectivity index (χ0v) is 36.3. The van der Waals surface area contributed by atoms with Crippen molar-refractivity contribution in [2.24, 2.45) is 17.8 Å². The summed E-state index contributed by atoms with van der Waals surface area (Å²) in [6.07, 6.45) is 11.5. The average molecular weight is 785 g/mol. The van der Waals surface area contributed by atoms with Gasteiger partial charge in [0.05, 0.1) is 0 Å². The van der Waals surface area contributed by atoms with Crippen molar-refractivity contribution in [3.05, 3.63) is 191 Å². The summed E-state index contributed by atoms with van der Waals surface area (Å²) in [5, 5.41) is 0. The van der Waals surface area contributed by atoms with Gasteiger partial charge in [-0.2, -0.15) is 0 Å². The molecule has 7 aromatic carbocycles. The zero-order valence-electron chi connectivity index (χ0n) is 36.3. The molecule has 0 radical (unpaired) electrons. The lowest BCUT2D eigenvalue weighted by molar-refractivity contribution is 0.132. The van der Waals surface area contributed by atoms with Crippen LogP contribution in [0.3, 0.4) is 0 Å². The van der Waals surface area contributed by atoms with E-state index >= 15 is 0 Å². The van der Waals surface area contributed by atoms with E-state index in [4.69, 9.17) is 0 Å². The Morgan fingerprint density at radius 2 is 0.817 bits per heavy atom. The van der Waals surface area contributed by atoms with Gasteiger partial charge in [-0.25, -0.2) is 0 Å². The minimum atomic E-state index is 0.929. The second kappa shape index (κ2) is 17.4. The predicted octanol–water partition coefficient (Wildman–Crippen LogP) is 16.7. The standard InChI is InChI=1S/C58H60N2/c1-40-9-25-52(26-10-40)59(53-27-11-41(2)12-28-53)54-33-23-51(24-34-54)57-35-36-58(44(5)43(57)4)60(55-29-13-42(3)14-30-55)56-31-21-50(22-32-56)49-19-17-45(18-20-49)15-16-48-38-46-7-6-8-47(37-46)39-48/h9-14,17-36,46-48H,6-8,15-16,37-39H2,1-5H3. The normalized spacial score (nSPS) is 17.3. The van der Waals surface area contributed by atoms with Crippen LogP contribution in [0.25, 0.3) is 22.3 Å². The zero-order chi connectivity index (χ0) is 41.2. The van der Waals surface area contributed by atoms with Crippen LogP contribution in [0.15, 0.2) is 158 Å². The van der Waals surface area contributed by atoms with Gasteiger partial charge in [0.25, 0.3) is 0 Å². The first-order valence-electron chi connectivity index (χ1n) is 22.5. The first-order chi connectivity index (χ1) is 29.3. The number of benzene rings is 7. The van der Waals surface area contributed by atoms with E-state index in [1.807, 2.05) is 0 Å². The second-order valence-electron chi connectivity index (χ2n) is 18.1. The van der Waals surface area contributed by atoms with Crippen LogP contribution in [0.5, 0.6) is 0 Å². The molecule has 2 unspecified atom stereocenters. The maximum Gasteiger partial charge on any atom is 0.0493 e. The molecule has 0 amide bonds. The minimum absolute atomic E-state index is 0.929. The first kappa shape index (κ1) is 39.6. The summed E-state index contributed by atoms with van der Waals surface area (Å²) in [4.78, 5) is 4.76. The molecule has 2 heteroatoms. The summed E-state index contributed by atoms with van der Waals surface area (Å²) in [5.41, 5.74) is 19.8. The molecule has 302 valence electrons. The molecule has 60 heavy (non-hydrogen) atoms. The lowest BCUT2D eigenvalue weighted by Crippen LogP contribution is -2.27. The van der Waals surface area contributed by atoms with E-state index in [2.05, 4.69) is 202 Å². The number of fused-ring (bicyclic) bond motifs is 2. The first-order valence-corrected chi connectivity index (χ1v) is 22.5. The Hall–Kier alpha value is -5.86. The predicted molar refractivity (Wildman–Crippen MR) is 257 cm³/mol. The van der Waals surface area contributed by atoms with E-state index in [1.165, 1.54) is 113 Å². The van der Waals surface area contributed by atoms with Crippen LogP contribution >= 0.6 is 0 Å². The third-order valence-corrected chi connectivity index (χ3v) is 13.8. The molecule has 0 saturated heterocycles. The number of anilines is 6. The molecule has 2 atom stereocenters. The van der Waals surface area contributed by atoms with Gasteiger partial charge in [-0.1, -0.05) is 127 Å². The highest BCUT2D eigenvalue weighted by atomic mass is 15.1. The molecule has 2 bridgehead atoms. The fourth-order valence-electron chi connectivity index (χ4n) is 10.3. The molecule has 2 aliphatic rings. The van der Waals surface area contributed by atoms with Gasteiger partial charge < -0.3 is 9.80 Å². The van der Waals surface area contributed by atoms with Crippen molar-refractivity contribution in [3.63, 3.8) is 0 Å². The van der Waals surface area contributed by atoms with Gasteiger partial charge >= 0.3 is 0 Å². The molecule has 0 aliphatic heterocycles. The molecule has 0 spiro atoms. The van der Waals surface area contributed by atoms with Crippen LogP contribution in [0.2, 0.25) is 0 Å². The summed E-state index contributed by atoms with van der Waals surface area (Å²) in [6, 6.07) is 58.8. The van der Waals surface area contributed by atoms with Crippen LogP contribution in [0, 0.1) is 52.4 Å². The topological polar surface area (TPSA) is 6.48 Å². The van der Waals surface area contributed by atoms with Gasteiger partial charge in [-0.3, -0.25) is 0 Å². The van der Waals surface area contributed by atoms with Gasteiger partial charge in [0, 0.05) is 34.1 Å². The molecule has 0 aromatic heterocycles. The molecular weight excluding hydrogens is 725 g/mol. The summed E-state index contributed by atoms with van der Waals surface area (Å²) in [5.74, 6) is 2.95. The van der Waals surface area contributed by atoms with E-state index in [0.29, 0.717) is 0 Å². The van der Waals surface area contributed by atoms with E-state index in [1.54, 1.807) is 0 Å². The third-order valence-electron chi connectivity index (χ3n) is 13.8. The quantitative estimate of drug-likeness (QED) is 0.129. The minimum Gasteiger partial charge on any atom is -0.311 e. The van der Waals surface area contributed by atoms with Gasteiger partial charge in [0.1, 0.15) is 0 Å².